The molecule has 13 heteroatoms. The standard InChI is InChI=1S/C37H34BrN3O7S2/c1-16(2)11-24(36(45)46)41-34(43)29-22-14-23(30(29)35(41)44)31-28(22)27(32-33(49-31)40-37(47)50-32)21-13-19(38)8-10-25(21)48-15-26(42)39-20-9-7-17-5-3-4-6-18(17)12-20/h3-10,12-13,16,22-24,27-31H,11,14-15H2,1-2H3,(H,39,42)(H,40,47)(H,45,46)/t22?,23?,24?,27-,28?,29?,30?,31?/m1/s1. The smallest absolute Gasteiger partial charge is 0.326 e. The van der Waals surface area contributed by atoms with Crippen LogP contribution in [0.25, 0.3) is 10.8 Å². The Bertz CT molecular complexity index is 2130. The summed E-state index contributed by atoms with van der Waals surface area (Å²) in [6.45, 7) is 3.51. The van der Waals surface area contributed by atoms with E-state index in [-0.39, 0.29) is 64.6 Å². The average Bonchev–Trinajstić information content (AvgIpc) is 3.81. The van der Waals surface area contributed by atoms with Crippen LogP contribution in [0.15, 0.2) is 75.0 Å². The molecular formula is C37H34BrN3O7S2. The van der Waals surface area contributed by atoms with Crippen LogP contribution in [0.3, 0.4) is 0 Å². The van der Waals surface area contributed by atoms with E-state index >= 15 is 0 Å². The van der Waals surface area contributed by atoms with Crippen molar-refractivity contribution >= 4 is 79.2 Å². The Morgan fingerprint density at radius 1 is 1.02 bits per heavy atom. The molecule has 1 aromatic heterocycles. The molecule has 7 unspecified atom stereocenters. The van der Waals surface area contributed by atoms with Gasteiger partial charge >= 0.3 is 10.8 Å². The fourth-order valence-corrected chi connectivity index (χ4v) is 12.2. The van der Waals surface area contributed by atoms with Gasteiger partial charge in [0.15, 0.2) is 6.61 Å². The second kappa shape index (κ2) is 12.7. The van der Waals surface area contributed by atoms with Crippen molar-refractivity contribution < 1.29 is 29.0 Å². The zero-order valence-electron chi connectivity index (χ0n) is 27.1. The first-order valence-electron chi connectivity index (χ1n) is 16.7. The lowest BCUT2D eigenvalue weighted by atomic mass is 9.68. The van der Waals surface area contributed by atoms with Crippen molar-refractivity contribution in [2.24, 2.45) is 35.5 Å². The number of H-pyrrole nitrogens is 1. The minimum Gasteiger partial charge on any atom is -0.483 e. The first-order valence-corrected chi connectivity index (χ1v) is 19.2. The van der Waals surface area contributed by atoms with Gasteiger partial charge in [0.25, 0.3) is 5.91 Å². The van der Waals surface area contributed by atoms with Gasteiger partial charge in [0, 0.05) is 31.8 Å². The summed E-state index contributed by atoms with van der Waals surface area (Å²) in [4.78, 5) is 71.1. The number of nitrogens with zero attached hydrogens (tertiary/aromatic N) is 1. The summed E-state index contributed by atoms with van der Waals surface area (Å²) in [7, 11) is 0. The van der Waals surface area contributed by atoms with Gasteiger partial charge in [0.05, 0.1) is 16.9 Å². The Hall–Kier alpha value is -3.94. The number of amides is 3. The zero-order chi connectivity index (χ0) is 35.0. The number of nitrogens with one attached hydrogen (secondary N) is 2. The topological polar surface area (TPSA) is 146 Å². The number of aromatic nitrogens is 1. The second-order valence-corrected chi connectivity index (χ2v) is 17.2. The van der Waals surface area contributed by atoms with Crippen LogP contribution in [0.1, 0.15) is 43.0 Å². The van der Waals surface area contributed by atoms with Crippen molar-refractivity contribution in [2.75, 3.05) is 11.9 Å². The minimum absolute atomic E-state index is 0.0196. The SMILES string of the molecule is CC(C)CC(C(=O)O)N1C(=O)C2C3CC(C2C1=O)C1C3Sc2[nH]c(=O)sc2[C@@H]1c1cc(Br)ccc1OCC(=O)Nc1ccc2ccccc2c1. The molecule has 3 fully saturated rings. The van der Waals surface area contributed by atoms with Gasteiger partial charge in [-0.2, -0.15) is 0 Å². The van der Waals surface area contributed by atoms with Gasteiger partial charge in [-0.05, 0) is 77.6 Å². The van der Waals surface area contributed by atoms with E-state index in [2.05, 4.69) is 26.2 Å². The lowest BCUT2D eigenvalue weighted by Crippen LogP contribution is -2.47. The highest BCUT2D eigenvalue weighted by molar-refractivity contribution is 9.10. The van der Waals surface area contributed by atoms with Gasteiger partial charge in [-0.15, -0.1) is 11.8 Å². The molecule has 0 spiro atoms. The molecule has 1 saturated heterocycles. The number of aliphatic carboxylic acids is 1. The summed E-state index contributed by atoms with van der Waals surface area (Å²) in [6.07, 6.45) is 0.858. The highest BCUT2D eigenvalue weighted by Crippen LogP contribution is 2.69. The van der Waals surface area contributed by atoms with Crippen molar-refractivity contribution in [2.45, 2.75) is 48.9 Å². The third kappa shape index (κ3) is 5.48. The number of imide groups is 1. The van der Waals surface area contributed by atoms with Gasteiger partial charge in [0.1, 0.15) is 11.8 Å². The predicted octanol–water partition coefficient (Wildman–Crippen LogP) is 6.34. The zero-order valence-corrected chi connectivity index (χ0v) is 30.3. The van der Waals surface area contributed by atoms with E-state index in [1.807, 2.05) is 68.4 Å². The van der Waals surface area contributed by atoms with Crippen LogP contribution < -0.4 is 14.9 Å². The average molecular weight is 777 g/mol. The molecular weight excluding hydrogens is 742 g/mol. The van der Waals surface area contributed by atoms with E-state index in [1.165, 1.54) is 0 Å². The van der Waals surface area contributed by atoms with Crippen molar-refractivity contribution in [3.05, 3.63) is 85.2 Å². The quantitative estimate of drug-likeness (QED) is 0.167. The number of ether oxygens (including phenoxy) is 1. The van der Waals surface area contributed by atoms with Crippen LogP contribution in [-0.4, -0.2) is 56.6 Å². The first-order chi connectivity index (χ1) is 24.0. The van der Waals surface area contributed by atoms with E-state index in [9.17, 15) is 29.1 Å². The van der Waals surface area contributed by atoms with E-state index in [0.717, 1.165) is 46.9 Å². The summed E-state index contributed by atoms with van der Waals surface area (Å²) >= 11 is 6.31. The van der Waals surface area contributed by atoms with Crippen LogP contribution in [0.2, 0.25) is 0 Å². The number of hydrogen-bond donors (Lipinski definition) is 3. The summed E-state index contributed by atoms with van der Waals surface area (Å²) in [5.74, 6) is -3.84. The molecule has 2 aliphatic carbocycles. The van der Waals surface area contributed by atoms with Crippen LogP contribution >= 0.6 is 39.0 Å². The lowest BCUT2D eigenvalue weighted by molar-refractivity contribution is -0.156. The Morgan fingerprint density at radius 2 is 1.76 bits per heavy atom. The summed E-state index contributed by atoms with van der Waals surface area (Å²) in [5.41, 5.74) is 1.44. The molecule has 3 heterocycles. The van der Waals surface area contributed by atoms with Gasteiger partial charge in [-0.3, -0.25) is 24.1 Å². The molecule has 2 saturated carbocycles. The number of carboxylic acid groups (broad SMARTS) is 1. The fraction of sp³-hybridized carbons (Fsp3) is 0.378. The third-order valence-electron chi connectivity index (χ3n) is 10.7. The number of thioether (sulfide) groups is 1. The predicted molar refractivity (Wildman–Crippen MR) is 193 cm³/mol. The normalized spacial score (nSPS) is 27.0. The number of carboxylic acids is 1. The molecule has 8 atom stereocenters. The monoisotopic (exact) mass is 775 g/mol. The Kier molecular flexibility index (Phi) is 8.42. The number of rotatable bonds is 9. The van der Waals surface area contributed by atoms with E-state index in [4.69, 9.17) is 4.74 Å². The highest BCUT2D eigenvalue weighted by Gasteiger charge is 2.70. The van der Waals surface area contributed by atoms with E-state index < -0.39 is 29.8 Å². The molecule has 0 radical (unpaired) electrons. The van der Waals surface area contributed by atoms with Gasteiger partial charge in [-0.25, -0.2) is 4.79 Å². The van der Waals surface area contributed by atoms with Crippen LogP contribution in [0.5, 0.6) is 5.75 Å². The van der Waals surface area contributed by atoms with Gasteiger partial charge in [0.2, 0.25) is 11.8 Å². The number of thiazole rings is 1. The molecule has 4 aromatic rings. The number of aromatic amines is 1. The minimum atomic E-state index is -1.20. The summed E-state index contributed by atoms with van der Waals surface area (Å²) in [6, 6.07) is 18.0. The molecule has 4 aliphatic rings. The number of carbonyl (C=O) groups excluding carboxylic acids is 3. The van der Waals surface area contributed by atoms with Gasteiger partial charge < -0.3 is 20.1 Å². The van der Waals surface area contributed by atoms with Gasteiger partial charge in [-0.1, -0.05) is 71.4 Å². The van der Waals surface area contributed by atoms with E-state index in [0.29, 0.717) is 17.9 Å². The number of benzene rings is 3. The Balaban J connectivity index is 1.11. The number of fused-ring (bicyclic) bond motifs is 10. The Labute approximate surface area is 304 Å². The molecule has 50 heavy (non-hydrogen) atoms. The van der Waals surface area contributed by atoms with Crippen molar-refractivity contribution in [1.82, 2.24) is 9.88 Å². The molecule has 2 bridgehead atoms. The van der Waals surface area contributed by atoms with Crippen molar-refractivity contribution in [3.63, 3.8) is 0 Å². The number of halogens is 1. The van der Waals surface area contributed by atoms with Crippen LogP contribution in [0, 0.1) is 35.5 Å². The lowest BCUT2D eigenvalue weighted by Gasteiger charge is -2.43. The Morgan fingerprint density at radius 3 is 2.50 bits per heavy atom. The van der Waals surface area contributed by atoms with Crippen molar-refractivity contribution in [3.8, 4) is 5.75 Å². The second-order valence-electron chi connectivity index (χ2n) is 14.1. The number of likely N-dealkylation sites (tertiary alicyclic amines) is 1. The molecule has 258 valence electrons. The maximum atomic E-state index is 14.1. The maximum absolute atomic E-state index is 14.1. The fourth-order valence-electron chi connectivity index (χ4n) is 8.96. The molecule has 2 aliphatic heterocycles. The maximum Gasteiger partial charge on any atom is 0.326 e. The molecule has 3 aromatic carbocycles. The van der Waals surface area contributed by atoms with E-state index in [1.54, 1.807) is 17.8 Å². The first kappa shape index (κ1) is 33.2. The number of carbonyl (C=O) groups is 4. The van der Waals surface area contributed by atoms with Crippen LogP contribution in [-0.2, 0) is 19.2 Å². The number of anilines is 1. The van der Waals surface area contributed by atoms with Crippen molar-refractivity contribution in [1.29, 1.82) is 0 Å². The molecule has 3 amide bonds. The highest BCUT2D eigenvalue weighted by atomic mass is 79.9. The largest absolute Gasteiger partial charge is 0.483 e. The van der Waals surface area contributed by atoms with Crippen LogP contribution in [0.4, 0.5) is 5.69 Å². The summed E-state index contributed by atoms with van der Waals surface area (Å²) in [5, 5.41) is 15.7. The summed E-state index contributed by atoms with van der Waals surface area (Å²) < 4.78 is 7.02. The number of hydrogen-bond acceptors (Lipinski definition) is 8. The molecule has 10 nitrogen and oxygen atoms in total. The molecule has 8 rings (SSSR count). The third-order valence-corrected chi connectivity index (χ3v) is 13.8. The molecule has 3 N–H and O–H groups in total.